The molecule has 24 heavy (non-hydrogen) atoms. The number of carbonyl (C=O) groups is 1. The minimum Gasteiger partial charge on any atom is -0.423 e. The average molecular weight is 324 g/mol. The Labute approximate surface area is 145 Å². The van der Waals surface area contributed by atoms with Crippen LogP contribution >= 0.6 is 0 Å². The molecule has 0 N–H and O–H groups in total. The van der Waals surface area contributed by atoms with Crippen molar-refractivity contribution in [3.05, 3.63) is 65.7 Å². The monoisotopic (exact) mass is 324 g/mol. The molecule has 2 rings (SSSR count). The maximum Gasteiger partial charge on any atom is 0.343 e. The van der Waals surface area contributed by atoms with Gasteiger partial charge in [-0.1, -0.05) is 75.8 Å². The van der Waals surface area contributed by atoms with Gasteiger partial charge in [-0.15, -0.1) is 0 Å². The Kier molecular flexibility index (Phi) is 8.09. The van der Waals surface area contributed by atoms with Crippen molar-refractivity contribution in [1.82, 2.24) is 0 Å². The van der Waals surface area contributed by atoms with E-state index in [2.05, 4.69) is 19.1 Å². The predicted molar refractivity (Wildman–Crippen MR) is 99.5 cm³/mol. The number of rotatable bonds is 10. The van der Waals surface area contributed by atoms with E-state index in [1.54, 1.807) is 12.1 Å². The Hall–Kier alpha value is -2.09. The van der Waals surface area contributed by atoms with Crippen LogP contribution in [0, 0.1) is 0 Å². The molecule has 0 bridgehead atoms. The lowest BCUT2D eigenvalue weighted by atomic mass is 10.0. The first kappa shape index (κ1) is 18.3. The minimum absolute atomic E-state index is 0.310. The molecule has 0 amide bonds. The molecular weight excluding hydrogens is 296 g/mol. The van der Waals surface area contributed by atoms with E-state index in [4.69, 9.17) is 4.74 Å². The standard InChI is InChI=1S/C22H28O2/c1-2-3-4-5-6-7-9-12-19-15-17-21(18-16-19)24-22(23)20-13-10-8-11-14-20/h8,10-11,13-18H,2-7,9,12H2,1H3. The van der Waals surface area contributed by atoms with Gasteiger partial charge in [0.05, 0.1) is 5.56 Å². The van der Waals surface area contributed by atoms with Crippen LogP contribution in [-0.2, 0) is 6.42 Å². The maximum atomic E-state index is 12.0. The molecule has 0 saturated carbocycles. The molecule has 128 valence electrons. The SMILES string of the molecule is CCCCCCCCCc1ccc(OC(=O)c2ccccc2)cc1. The third-order valence-electron chi connectivity index (χ3n) is 4.21. The van der Waals surface area contributed by atoms with Crippen LogP contribution in [0.1, 0.15) is 67.8 Å². The van der Waals surface area contributed by atoms with E-state index in [1.165, 1.54) is 50.5 Å². The summed E-state index contributed by atoms with van der Waals surface area (Å²) in [5.74, 6) is 0.294. The summed E-state index contributed by atoms with van der Waals surface area (Å²) >= 11 is 0. The van der Waals surface area contributed by atoms with Crippen LogP contribution < -0.4 is 4.74 Å². The Morgan fingerprint density at radius 1 is 0.792 bits per heavy atom. The van der Waals surface area contributed by atoms with E-state index < -0.39 is 0 Å². The molecule has 0 saturated heterocycles. The Bertz CT molecular complexity index is 587. The van der Waals surface area contributed by atoms with E-state index >= 15 is 0 Å². The Morgan fingerprint density at radius 2 is 1.42 bits per heavy atom. The summed E-state index contributed by atoms with van der Waals surface area (Å²) in [5.41, 5.74) is 1.88. The summed E-state index contributed by atoms with van der Waals surface area (Å²) in [6.45, 7) is 2.25. The molecule has 0 unspecified atom stereocenters. The fraction of sp³-hybridized carbons (Fsp3) is 0.409. The Morgan fingerprint density at radius 3 is 2.08 bits per heavy atom. The van der Waals surface area contributed by atoms with Gasteiger partial charge < -0.3 is 4.74 Å². The van der Waals surface area contributed by atoms with Crippen LogP contribution in [-0.4, -0.2) is 5.97 Å². The third-order valence-corrected chi connectivity index (χ3v) is 4.21. The van der Waals surface area contributed by atoms with Gasteiger partial charge in [-0.05, 0) is 42.7 Å². The van der Waals surface area contributed by atoms with Gasteiger partial charge in [-0.3, -0.25) is 0 Å². The molecule has 0 radical (unpaired) electrons. The Balaban J connectivity index is 1.70. The number of carbonyl (C=O) groups excluding carboxylic acids is 1. The van der Waals surface area contributed by atoms with Crippen molar-refractivity contribution >= 4 is 5.97 Å². The normalized spacial score (nSPS) is 10.5. The van der Waals surface area contributed by atoms with Gasteiger partial charge in [0.25, 0.3) is 0 Å². The molecule has 0 atom stereocenters. The second-order valence-electron chi connectivity index (χ2n) is 6.27. The highest BCUT2D eigenvalue weighted by Gasteiger charge is 2.07. The molecule has 2 aromatic carbocycles. The van der Waals surface area contributed by atoms with Gasteiger partial charge in [0.15, 0.2) is 0 Å². The average Bonchev–Trinajstić information content (AvgIpc) is 2.63. The quantitative estimate of drug-likeness (QED) is 0.295. The smallest absolute Gasteiger partial charge is 0.343 e. The molecule has 0 aliphatic rings. The molecule has 0 fully saturated rings. The summed E-state index contributed by atoms with van der Waals surface area (Å²) < 4.78 is 5.40. The first-order valence-corrected chi connectivity index (χ1v) is 9.16. The van der Waals surface area contributed by atoms with Crippen LogP contribution in [0.5, 0.6) is 5.75 Å². The zero-order valence-corrected chi connectivity index (χ0v) is 14.7. The zero-order chi connectivity index (χ0) is 17.0. The lowest BCUT2D eigenvalue weighted by Gasteiger charge is -2.06. The largest absolute Gasteiger partial charge is 0.423 e. The number of benzene rings is 2. The maximum absolute atomic E-state index is 12.0. The first-order chi connectivity index (χ1) is 11.8. The summed E-state index contributed by atoms with van der Waals surface area (Å²) in [7, 11) is 0. The topological polar surface area (TPSA) is 26.3 Å². The molecular formula is C22H28O2. The molecule has 2 heteroatoms. The van der Waals surface area contributed by atoms with Crippen molar-refractivity contribution in [3.8, 4) is 5.75 Å². The van der Waals surface area contributed by atoms with Crippen LogP contribution in [0.15, 0.2) is 54.6 Å². The van der Waals surface area contributed by atoms with Crippen molar-refractivity contribution < 1.29 is 9.53 Å². The van der Waals surface area contributed by atoms with Crippen LogP contribution in [0.3, 0.4) is 0 Å². The first-order valence-electron chi connectivity index (χ1n) is 9.16. The number of hydrogen-bond acceptors (Lipinski definition) is 2. The molecule has 0 aliphatic carbocycles. The predicted octanol–water partition coefficient (Wildman–Crippen LogP) is 6.20. The molecule has 0 aromatic heterocycles. The second-order valence-corrected chi connectivity index (χ2v) is 6.27. The summed E-state index contributed by atoms with van der Waals surface area (Å²) in [4.78, 5) is 12.0. The fourth-order valence-corrected chi connectivity index (χ4v) is 2.75. The zero-order valence-electron chi connectivity index (χ0n) is 14.7. The highest BCUT2D eigenvalue weighted by Crippen LogP contribution is 2.16. The number of aryl methyl sites for hydroxylation is 1. The molecule has 0 aliphatic heterocycles. The van der Waals surface area contributed by atoms with E-state index in [-0.39, 0.29) is 5.97 Å². The highest BCUT2D eigenvalue weighted by molar-refractivity contribution is 5.90. The van der Waals surface area contributed by atoms with E-state index in [0.29, 0.717) is 11.3 Å². The van der Waals surface area contributed by atoms with Crippen molar-refractivity contribution in [2.45, 2.75) is 58.3 Å². The van der Waals surface area contributed by atoms with E-state index in [1.807, 2.05) is 30.3 Å². The number of unbranched alkanes of at least 4 members (excludes halogenated alkanes) is 6. The highest BCUT2D eigenvalue weighted by atomic mass is 16.5. The van der Waals surface area contributed by atoms with Crippen molar-refractivity contribution in [2.24, 2.45) is 0 Å². The molecule has 2 aromatic rings. The van der Waals surface area contributed by atoms with Crippen molar-refractivity contribution in [2.75, 3.05) is 0 Å². The van der Waals surface area contributed by atoms with Crippen LogP contribution in [0.2, 0.25) is 0 Å². The fourth-order valence-electron chi connectivity index (χ4n) is 2.75. The van der Waals surface area contributed by atoms with Crippen LogP contribution in [0.4, 0.5) is 0 Å². The van der Waals surface area contributed by atoms with E-state index in [9.17, 15) is 4.79 Å². The summed E-state index contributed by atoms with van der Waals surface area (Å²) in [6.07, 6.45) is 10.4. The third kappa shape index (κ3) is 6.57. The van der Waals surface area contributed by atoms with Gasteiger partial charge in [0.1, 0.15) is 5.75 Å². The molecule has 2 nitrogen and oxygen atoms in total. The molecule has 0 spiro atoms. The van der Waals surface area contributed by atoms with Gasteiger partial charge in [0.2, 0.25) is 0 Å². The number of esters is 1. The number of ether oxygens (including phenoxy) is 1. The lowest BCUT2D eigenvalue weighted by molar-refractivity contribution is 0.0734. The number of hydrogen-bond donors (Lipinski definition) is 0. The van der Waals surface area contributed by atoms with E-state index in [0.717, 1.165) is 6.42 Å². The van der Waals surface area contributed by atoms with Gasteiger partial charge in [0, 0.05) is 0 Å². The summed E-state index contributed by atoms with van der Waals surface area (Å²) in [5, 5.41) is 0. The van der Waals surface area contributed by atoms with Gasteiger partial charge >= 0.3 is 5.97 Å². The lowest BCUT2D eigenvalue weighted by Crippen LogP contribution is -2.08. The van der Waals surface area contributed by atoms with Crippen molar-refractivity contribution in [3.63, 3.8) is 0 Å². The van der Waals surface area contributed by atoms with Crippen molar-refractivity contribution in [1.29, 1.82) is 0 Å². The van der Waals surface area contributed by atoms with Gasteiger partial charge in [-0.2, -0.15) is 0 Å². The minimum atomic E-state index is -0.310. The van der Waals surface area contributed by atoms with Gasteiger partial charge in [-0.25, -0.2) is 4.79 Å². The van der Waals surface area contributed by atoms with Crippen LogP contribution in [0.25, 0.3) is 0 Å². The second kappa shape index (κ2) is 10.6. The summed E-state index contributed by atoms with van der Waals surface area (Å²) in [6, 6.07) is 17.0. The molecule has 0 heterocycles.